The Hall–Kier alpha value is -1.34. The number of nitrogens with one attached hydrogen (secondary N) is 1. The van der Waals surface area contributed by atoms with Gasteiger partial charge in [0.2, 0.25) is 5.91 Å². The summed E-state index contributed by atoms with van der Waals surface area (Å²) in [5.41, 5.74) is 2.06. The molecule has 1 amide bonds. The molecule has 3 nitrogen and oxygen atoms in total. The van der Waals surface area contributed by atoms with Crippen molar-refractivity contribution in [2.45, 2.75) is 72.6 Å². The summed E-state index contributed by atoms with van der Waals surface area (Å²) in [7, 11) is 0. The lowest BCUT2D eigenvalue weighted by atomic mass is 9.65. The van der Waals surface area contributed by atoms with Crippen molar-refractivity contribution < 1.29 is 4.79 Å². The highest BCUT2D eigenvalue weighted by atomic mass is 32.1. The van der Waals surface area contributed by atoms with Crippen LogP contribution in [0.4, 0.5) is 5.00 Å². The molecule has 2 rings (SSSR count). The van der Waals surface area contributed by atoms with E-state index in [0.29, 0.717) is 5.56 Å². The maximum absolute atomic E-state index is 12.4. The van der Waals surface area contributed by atoms with Gasteiger partial charge in [-0.2, -0.15) is 5.26 Å². The zero-order valence-electron chi connectivity index (χ0n) is 15.2. The van der Waals surface area contributed by atoms with E-state index < -0.39 is 0 Å². The predicted molar refractivity (Wildman–Crippen MR) is 96.9 cm³/mol. The number of thiophene rings is 1. The molecule has 0 aromatic carbocycles. The Morgan fingerprint density at radius 3 is 2.43 bits per heavy atom. The lowest BCUT2D eigenvalue weighted by Crippen LogP contribution is -2.33. The van der Waals surface area contributed by atoms with E-state index in [2.05, 4.69) is 39.1 Å². The van der Waals surface area contributed by atoms with Gasteiger partial charge in [-0.05, 0) is 42.1 Å². The highest BCUT2D eigenvalue weighted by molar-refractivity contribution is 7.17. The number of rotatable bonds is 4. The lowest BCUT2D eigenvalue weighted by molar-refractivity contribution is -0.120. The topological polar surface area (TPSA) is 52.9 Å². The second kappa shape index (κ2) is 6.28. The summed E-state index contributed by atoms with van der Waals surface area (Å²) in [6.07, 6.45) is 3.66. The Balaban J connectivity index is 2.44. The van der Waals surface area contributed by atoms with Crippen LogP contribution in [0.25, 0.3) is 0 Å². The van der Waals surface area contributed by atoms with E-state index >= 15 is 0 Å². The average Bonchev–Trinajstić information content (AvgIpc) is 2.76. The van der Waals surface area contributed by atoms with Crippen LogP contribution in [0.15, 0.2) is 0 Å². The minimum atomic E-state index is 0.0186. The second-order valence-electron chi connectivity index (χ2n) is 8.13. The number of anilines is 1. The maximum atomic E-state index is 12.4. The van der Waals surface area contributed by atoms with Crippen LogP contribution in [0.5, 0.6) is 0 Å². The number of hydrogen-bond acceptors (Lipinski definition) is 3. The predicted octanol–water partition coefficient (Wildman–Crippen LogP) is 5.24. The van der Waals surface area contributed by atoms with E-state index in [1.807, 2.05) is 13.8 Å². The monoisotopic (exact) mass is 332 g/mol. The van der Waals surface area contributed by atoms with Gasteiger partial charge < -0.3 is 5.32 Å². The number of nitrogens with zero attached hydrogens (tertiary/aromatic N) is 1. The van der Waals surface area contributed by atoms with E-state index in [1.165, 1.54) is 4.88 Å². The molecular weight excluding hydrogens is 304 g/mol. The fraction of sp³-hybridized carbons (Fsp3) is 0.684. The number of hydrogen-bond donors (Lipinski definition) is 1. The maximum Gasteiger partial charge on any atom is 0.228 e. The van der Waals surface area contributed by atoms with Crippen molar-refractivity contribution in [3.05, 3.63) is 16.0 Å². The van der Waals surface area contributed by atoms with E-state index in [9.17, 15) is 10.1 Å². The first kappa shape index (κ1) is 18.0. The van der Waals surface area contributed by atoms with Crippen molar-refractivity contribution >= 4 is 22.2 Å². The van der Waals surface area contributed by atoms with E-state index in [-0.39, 0.29) is 22.7 Å². The molecule has 1 aromatic rings. The summed E-state index contributed by atoms with van der Waals surface area (Å²) < 4.78 is 0. The number of carbonyl (C=O) groups is 1. The Kier molecular flexibility index (Phi) is 4.92. The van der Waals surface area contributed by atoms with Crippen LogP contribution in [-0.2, 0) is 16.6 Å². The smallest absolute Gasteiger partial charge is 0.228 e. The van der Waals surface area contributed by atoms with E-state index in [4.69, 9.17) is 0 Å². The zero-order chi connectivity index (χ0) is 17.4. The molecule has 0 atom stereocenters. The molecule has 1 aromatic heterocycles. The molecule has 4 heteroatoms. The molecule has 1 heterocycles. The largest absolute Gasteiger partial charge is 0.316 e. The third kappa shape index (κ3) is 3.45. The van der Waals surface area contributed by atoms with Crippen LogP contribution >= 0.6 is 11.3 Å². The fourth-order valence-corrected chi connectivity index (χ4v) is 5.35. The molecule has 1 aliphatic rings. The molecule has 126 valence electrons. The minimum Gasteiger partial charge on any atom is -0.316 e. The summed E-state index contributed by atoms with van der Waals surface area (Å²) in [6, 6.07) is 2.36. The van der Waals surface area contributed by atoms with Gasteiger partial charge in [-0.25, -0.2) is 0 Å². The second-order valence-corrected chi connectivity index (χ2v) is 9.15. The molecule has 1 aliphatic carbocycles. The molecular formula is C19H28N2OS. The summed E-state index contributed by atoms with van der Waals surface area (Å²) >= 11 is 1.61. The van der Waals surface area contributed by atoms with Crippen molar-refractivity contribution in [1.29, 1.82) is 5.26 Å². The summed E-state index contributed by atoms with van der Waals surface area (Å²) in [4.78, 5) is 13.7. The van der Waals surface area contributed by atoms with Gasteiger partial charge in [0.15, 0.2) is 0 Å². The van der Waals surface area contributed by atoms with E-state index in [0.717, 1.165) is 36.2 Å². The highest BCUT2D eigenvalue weighted by Crippen LogP contribution is 2.51. The molecule has 0 radical (unpaired) electrons. The molecule has 23 heavy (non-hydrogen) atoms. The highest BCUT2D eigenvalue weighted by Gasteiger charge is 2.41. The Bertz CT molecular complexity index is 645. The van der Waals surface area contributed by atoms with Crippen molar-refractivity contribution in [3.63, 3.8) is 0 Å². The third-order valence-corrected chi connectivity index (χ3v) is 6.42. The molecule has 0 bridgehead atoms. The van der Waals surface area contributed by atoms with Gasteiger partial charge >= 0.3 is 0 Å². The van der Waals surface area contributed by atoms with Crippen molar-refractivity contribution in [2.75, 3.05) is 5.32 Å². The van der Waals surface area contributed by atoms with Gasteiger partial charge in [0, 0.05) is 10.8 Å². The number of amides is 1. The number of nitriles is 1. The first-order valence-corrected chi connectivity index (χ1v) is 9.34. The molecule has 0 saturated carbocycles. The molecule has 1 N–H and O–H groups in total. The van der Waals surface area contributed by atoms with Crippen molar-refractivity contribution in [2.24, 2.45) is 11.3 Å². The first-order valence-electron chi connectivity index (χ1n) is 8.52. The molecule has 0 aliphatic heterocycles. The van der Waals surface area contributed by atoms with Crippen LogP contribution in [0.2, 0.25) is 0 Å². The van der Waals surface area contributed by atoms with Gasteiger partial charge in [0.05, 0.1) is 5.56 Å². The zero-order valence-corrected chi connectivity index (χ0v) is 16.0. The van der Waals surface area contributed by atoms with Gasteiger partial charge in [-0.1, -0.05) is 41.5 Å². The third-order valence-electron chi connectivity index (χ3n) is 4.90. The Labute approximate surface area is 144 Å². The molecule has 0 spiro atoms. The van der Waals surface area contributed by atoms with Crippen LogP contribution in [0.3, 0.4) is 0 Å². The van der Waals surface area contributed by atoms with Gasteiger partial charge in [0.25, 0.3) is 0 Å². The standard InChI is InChI=1S/C19H28N2OS/c1-7-12(8-2)16(22)21-17-14(10-20)13-9-18(3,4)11-19(5,6)15(13)23-17/h12H,7-9,11H2,1-6H3,(H,21,22). The summed E-state index contributed by atoms with van der Waals surface area (Å²) in [5, 5.41) is 13.5. The van der Waals surface area contributed by atoms with Crippen molar-refractivity contribution in [3.8, 4) is 6.07 Å². The van der Waals surface area contributed by atoms with Crippen molar-refractivity contribution in [1.82, 2.24) is 0 Å². The fourth-order valence-electron chi connectivity index (χ4n) is 4.08. The van der Waals surface area contributed by atoms with Crippen LogP contribution in [-0.4, -0.2) is 5.91 Å². The molecule has 0 unspecified atom stereocenters. The Morgan fingerprint density at radius 2 is 1.91 bits per heavy atom. The van der Waals surface area contributed by atoms with Gasteiger partial charge in [-0.15, -0.1) is 11.3 Å². The quantitative estimate of drug-likeness (QED) is 0.819. The lowest BCUT2D eigenvalue weighted by Gasteiger charge is -2.40. The first-order chi connectivity index (χ1) is 10.6. The van der Waals surface area contributed by atoms with Crippen LogP contribution in [0.1, 0.15) is 76.8 Å². The molecule has 0 saturated heterocycles. The summed E-state index contributed by atoms with van der Waals surface area (Å²) in [6.45, 7) is 13.1. The van der Waals surface area contributed by atoms with Crippen LogP contribution < -0.4 is 5.32 Å². The van der Waals surface area contributed by atoms with Crippen LogP contribution in [0, 0.1) is 22.7 Å². The average molecular weight is 333 g/mol. The number of fused-ring (bicyclic) bond motifs is 1. The Morgan fingerprint density at radius 1 is 1.30 bits per heavy atom. The molecule has 0 fully saturated rings. The summed E-state index contributed by atoms with van der Waals surface area (Å²) in [5.74, 6) is 0.0623. The van der Waals surface area contributed by atoms with Gasteiger partial charge in [0.1, 0.15) is 11.1 Å². The van der Waals surface area contributed by atoms with E-state index in [1.54, 1.807) is 11.3 Å². The van der Waals surface area contributed by atoms with Gasteiger partial charge in [-0.3, -0.25) is 4.79 Å². The minimum absolute atomic E-state index is 0.0186. The number of carbonyl (C=O) groups excluding carboxylic acids is 1. The normalized spacial score (nSPS) is 18.3. The SMILES string of the molecule is CCC(CC)C(=O)Nc1sc2c(c1C#N)CC(C)(C)CC2(C)C.